The summed E-state index contributed by atoms with van der Waals surface area (Å²) in [5, 5.41) is 2.59. The molecule has 2 aliphatic rings. The molecule has 2 heterocycles. The highest BCUT2D eigenvalue weighted by molar-refractivity contribution is 6.09. The van der Waals surface area contributed by atoms with Gasteiger partial charge in [0.1, 0.15) is 17.9 Å². The van der Waals surface area contributed by atoms with Gasteiger partial charge in [0.25, 0.3) is 5.91 Å². The Morgan fingerprint density at radius 3 is 2.62 bits per heavy atom. The molecule has 8 heteroatoms. The Kier molecular flexibility index (Phi) is 4.00. The summed E-state index contributed by atoms with van der Waals surface area (Å²) < 4.78 is 13.1. The molecule has 3 N–H and O–H groups in total. The molecule has 4 amide bonds. The molecule has 2 saturated heterocycles. The van der Waals surface area contributed by atoms with Gasteiger partial charge in [-0.1, -0.05) is 12.1 Å². The summed E-state index contributed by atoms with van der Waals surface area (Å²) in [6, 6.07) is 4.63. The first-order valence-corrected chi connectivity index (χ1v) is 7.75. The first kappa shape index (κ1) is 16.4. The number of nitrogens with one attached hydrogen (secondary N) is 1. The van der Waals surface area contributed by atoms with Crippen molar-refractivity contribution in [1.82, 2.24) is 15.1 Å². The average molecular weight is 334 g/mol. The standard InChI is InChI=1S/C16H19FN4O3/c1-16(10-2-4-11(17)5-3-10)14(23)21(15(24)19-16)9-13(22)20-7-6-12(18)8-20/h2-5,12H,6-9,18H2,1H3,(H,19,24)/t12-,16?/m1/s1. The highest BCUT2D eigenvalue weighted by atomic mass is 19.1. The summed E-state index contributed by atoms with van der Waals surface area (Å²) >= 11 is 0. The van der Waals surface area contributed by atoms with Crippen LogP contribution in [0.4, 0.5) is 9.18 Å². The van der Waals surface area contributed by atoms with Crippen LogP contribution in [0.5, 0.6) is 0 Å². The highest BCUT2D eigenvalue weighted by Crippen LogP contribution is 2.29. The molecule has 3 rings (SSSR count). The van der Waals surface area contributed by atoms with Crippen LogP contribution in [0.3, 0.4) is 0 Å². The predicted octanol–water partition coefficient (Wildman–Crippen LogP) is 0.152. The lowest BCUT2D eigenvalue weighted by molar-refractivity contribution is -0.138. The number of carbonyl (C=O) groups excluding carboxylic acids is 3. The molecule has 0 aromatic heterocycles. The van der Waals surface area contributed by atoms with Crippen LogP contribution in [0.15, 0.2) is 24.3 Å². The molecule has 1 aromatic rings. The Balaban J connectivity index is 1.76. The lowest BCUT2D eigenvalue weighted by Crippen LogP contribution is -2.44. The first-order chi connectivity index (χ1) is 11.3. The van der Waals surface area contributed by atoms with Crippen LogP contribution in [0.25, 0.3) is 0 Å². The van der Waals surface area contributed by atoms with Crippen molar-refractivity contribution in [2.75, 3.05) is 19.6 Å². The maximum Gasteiger partial charge on any atom is 0.325 e. The van der Waals surface area contributed by atoms with E-state index in [0.717, 1.165) is 4.90 Å². The third-order valence-electron chi connectivity index (χ3n) is 4.57. The summed E-state index contributed by atoms with van der Waals surface area (Å²) in [6.45, 7) is 2.17. The number of rotatable bonds is 3. The second-order valence-electron chi connectivity index (χ2n) is 6.34. The van der Waals surface area contributed by atoms with Crippen molar-refractivity contribution in [3.05, 3.63) is 35.6 Å². The van der Waals surface area contributed by atoms with Gasteiger partial charge in [0.2, 0.25) is 5.91 Å². The van der Waals surface area contributed by atoms with Gasteiger partial charge >= 0.3 is 6.03 Å². The zero-order valence-corrected chi connectivity index (χ0v) is 13.3. The van der Waals surface area contributed by atoms with E-state index in [2.05, 4.69) is 5.32 Å². The summed E-state index contributed by atoms with van der Waals surface area (Å²) in [4.78, 5) is 39.6. The van der Waals surface area contributed by atoms with Crippen molar-refractivity contribution in [3.63, 3.8) is 0 Å². The van der Waals surface area contributed by atoms with Crippen molar-refractivity contribution in [2.24, 2.45) is 5.73 Å². The maximum absolute atomic E-state index is 13.1. The molecule has 0 spiro atoms. The van der Waals surface area contributed by atoms with E-state index in [1.807, 2.05) is 0 Å². The Morgan fingerprint density at radius 1 is 1.38 bits per heavy atom. The fraction of sp³-hybridized carbons (Fsp3) is 0.438. The van der Waals surface area contributed by atoms with Crippen molar-refractivity contribution < 1.29 is 18.8 Å². The third kappa shape index (κ3) is 2.73. The number of imide groups is 1. The van der Waals surface area contributed by atoms with Crippen LogP contribution in [0.1, 0.15) is 18.9 Å². The van der Waals surface area contributed by atoms with E-state index in [9.17, 15) is 18.8 Å². The van der Waals surface area contributed by atoms with Crippen LogP contribution in [0, 0.1) is 5.82 Å². The molecule has 2 atom stereocenters. The molecular formula is C16H19FN4O3. The number of amides is 4. The van der Waals surface area contributed by atoms with Crippen LogP contribution in [0.2, 0.25) is 0 Å². The van der Waals surface area contributed by atoms with Crippen molar-refractivity contribution in [1.29, 1.82) is 0 Å². The normalized spacial score (nSPS) is 26.9. The summed E-state index contributed by atoms with van der Waals surface area (Å²) in [5.74, 6) is -1.28. The summed E-state index contributed by atoms with van der Waals surface area (Å²) in [6.07, 6.45) is 0.708. The molecule has 2 aliphatic heterocycles. The molecule has 0 aliphatic carbocycles. The van der Waals surface area contributed by atoms with Crippen LogP contribution >= 0.6 is 0 Å². The van der Waals surface area contributed by atoms with E-state index in [1.165, 1.54) is 31.2 Å². The van der Waals surface area contributed by atoms with Gasteiger partial charge in [0.15, 0.2) is 0 Å². The zero-order chi connectivity index (χ0) is 17.5. The number of likely N-dealkylation sites (tertiary alicyclic amines) is 1. The number of hydrogen-bond donors (Lipinski definition) is 2. The second-order valence-corrected chi connectivity index (χ2v) is 6.34. The van der Waals surface area contributed by atoms with E-state index in [4.69, 9.17) is 5.73 Å². The molecule has 7 nitrogen and oxygen atoms in total. The lowest BCUT2D eigenvalue weighted by Gasteiger charge is -2.23. The Bertz CT molecular complexity index is 693. The van der Waals surface area contributed by atoms with Crippen molar-refractivity contribution in [3.8, 4) is 0 Å². The van der Waals surface area contributed by atoms with Crippen molar-refractivity contribution >= 4 is 17.8 Å². The average Bonchev–Trinajstić information content (AvgIpc) is 3.06. The van der Waals surface area contributed by atoms with E-state index in [0.29, 0.717) is 25.1 Å². The second kappa shape index (κ2) is 5.86. The largest absolute Gasteiger partial charge is 0.340 e. The number of nitrogens with two attached hydrogens (primary N) is 1. The Morgan fingerprint density at radius 2 is 2.04 bits per heavy atom. The fourth-order valence-electron chi connectivity index (χ4n) is 3.07. The number of urea groups is 1. The summed E-state index contributed by atoms with van der Waals surface area (Å²) in [5.41, 5.74) is 4.92. The molecule has 1 unspecified atom stereocenters. The molecule has 0 radical (unpaired) electrons. The first-order valence-electron chi connectivity index (χ1n) is 7.75. The number of hydrogen-bond acceptors (Lipinski definition) is 4. The number of benzene rings is 1. The lowest BCUT2D eigenvalue weighted by atomic mass is 9.92. The van der Waals surface area contributed by atoms with Crippen LogP contribution < -0.4 is 11.1 Å². The van der Waals surface area contributed by atoms with Gasteiger partial charge in [-0.2, -0.15) is 0 Å². The minimum atomic E-state index is -1.31. The predicted molar refractivity (Wildman–Crippen MR) is 83.2 cm³/mol. The summed E-state index contributed by atoms with van der Waals surface area (Å²) in [7, 11) is 0. The van der Waals surface area contributed by atoms with Gasteiger partial charge in [-0.05, 0) is 31.0 Å². The number of halogens is 1. The van der Waals surface area contributed by atoms with Gasteiger partial charge in [-0.25, -0.2) is 9.18 Å². The fourth-order valence-corrected chi connectivity index (χ4v) is 3.07. The van der Waals surface area contributed by atoms with Gasteiger partial charge in [0, 0.05) is 19.1 Å². The molecule has 0 saturated carbocycles. The molecule has 24 heavy (non-hydrogen) atoms. The van der Waals surface area contributed by atoms with Gasteiger partial charge in [0.05, 0.1) is 0 Å². The quantitative estimate of drug-likeness (QED) is 0.769. The van der Waals surface area contributed by atoms with Crippen molar-refractivity contribution in [2.45, 2.75) is 24.9 Å². The third-order valence-corrected chi connectivity index (χ3v) is 4.57. The van der Waals surface area contributed by atoms with E-state index < -0.39 is 23.3 Å². The maximum atomic E-state index is 13.1. The Hall–Kier alpha value is -2.48. The molecule has 1 aromatic carbocycles. The molecule has 128 valence electrons. The Labute approximate surface area is 138 Å². The topological polar surface area (TPSA) is 95.7 Å². The van der Waals surface area contributed by atoms with E-state index in [1.54, 1.807) is 4.90 Å². The van der Waals surface area contributed by atoms with Gasteiger partial charge in [-0.3, -0.25) is 14.5 Å². The SMILES string of the molecule is CC1(c2ccc(F)cc2)NC(=O)N(CC(=O)N2CC[C@@H](N)C2)C1=O. The van der Waals surface area contributed by atoms with E-state index >= 15 is 0 Å². The molecular weight excluding hydrogens is 315 g/mol. The number of carbonyl (C=O) groups is 3. The zero-order valence-electron chi connectivity index (χ0n) is 13.3. The van der Waals surface area contributed by atoms with Crippen LogP contribution in [-0.4, -0.2) is 53.3 Å². The van der Waals surface area contributed by atoms with Crippen LogP contribution in [-0.2, 0) is 15.1 Å². The van der Waals surface area contributed by atoms with Gasteiger partial charge in [-0.15, -0.1) is 0 Å². The number of nitrogens with zero attached hydrogens (tertiary/aromatic N) is 2. The smallest absolute Gasteiger partial charge is 0.325 e. The molecule has 0 bridgehead atoms. The monoisotopic (exact) mass is 334 g/mol. The molecule has 2 fully saturated rings. The van der Waals surface area contributed by atoms with Gasteiger partial charge < -0.3 is 16.0 Å². The minimum Gasteiger partial charge on any atom is -0.340 e. The van der Waals surface area contributed by atoms with E-state index in [-0.39, 0.29) is 18.5 Å². The minimum absolute atomic E-state index is 0.0680. The highest BCUT2D eigenvalue weighted by Gasteiger charge is 2.49.